The zero-order valence-corrected chi connectivity index (χ0v) is 13.1. The molecule has 0 atom stereocenters. The lowest BCUT2D eigenvalue weighted by Gasteiger charge is -2.25. The van der Waals surface area contributed by atoms with Crippen molar-refractivity contribution in [3.8, 4) is 0 Å². The third-order valence-electron chi connectivity index (χ3n) is 3.19. The monoisotopic (exact) mass is 295 g/mol. The van der Waals surface area contributed by atoms with E-state index in [9.17, 15) is 8.78 Å². The summed E-state index contributed by atoms with van der Waals surface area (Å²) in [6.45, 7) is 11.3. The molecule has 0 unspecified atom stereocenters. The van der Waals surface area contributed by atoms with E-state index in [0.717, 1.165) is 31.0 Å². The number of aromatic nitrogens is 2. The molecule has 0 spiro atoms. The van der Waals surface area contributed by atoms with Crippen molar-refractivity contribution in [2.45, 2.75) is 34.2 Å². The van der Waals surface area contributed by atoms with Crippen LogP contribution < -0.4 is 0 Å². The van der Waals surface area contributed by atoms with Crippen molar-refractivity contribution in [3.05, 3.63) is 29.6 Å². The Balaban J connectivity index is 2.19. The Labute approximate surface area is 124 Å². The van der Waals surface area contributed by atoms with Crippen molar-refractivity contribution in [3.63, 3.8) is 0 Å². The van der Waals surface area contributed by atoms with E-state index in [1.54, 1.807) is 0 Å². The van der Waals surface area contributed by atoms with Crippen LogP contribution in [0, 0.1) is 23.5 Å². The molecule has 0 fully saturated rings. The summed E-state index contributed by atoms with van der Waals surface area (Å²) in [5.74, 6) is 0.156. The van der Waals surface area contributed by atoms with E-state index < -0.39 is 11.6 Å². The summed E-state index contributed by atoms with van der Waals surface area (Å²) in [6.07, 6.45) is 0. The summed E-state index contributed by atoms with van der Waals surface area (Å²) in [5, 5.41) is 0. The Morgan fingerprint density at radius 3 is 2.19 bits per heavy atom. The Morgan fingerprint density at radius 2 is 1.62 bits per heavy atom. The number of imidazole rings is 1. The zero-order valence-electron chi connectivity index (χ0n) is 13.1. The fraction of sp³-hybridized carbons (Fsp3) is 0.562. The normalized spacial score (nSPS) is 12.2. The van der Waals surface area contributed by atoms with Gasteiger partial charge in [0.25, 0.3) is 0 Å². The molecule has 5 heteroatoms. The van der Waals surface area contributed by atoms with Gasteiger partial charge in [0.05, 0.1) is 17.6 Å². The number of nitrogens with one attached hydrogen (secondary N) is 1. The highest BCUT2D eigenvalue weighted by molar-refractivity contribution is 5.75. The number of halogens is 2. The van der Waals surface area contributed by atoms with Crippen molar-refractivity contribution < 1.29 is 8.78 Å². The number of H-pyrrole nitrogens is 1. The van der Waals surface area contributed by atoms with Crippen LogP contribution in [0.1, 0.15) is 33.5 Å². The van der Waals surface area contributed by atoms with Gasteiger partial charge >= 0.3 is 0 Å². The van der Waals surface area contributed by atoms with Gasteiger partial charge in [0, 0.05) is 25.2 Å². The van der Waals surface area contributed by atoms with Gasteiger partial charge in [-0.1, -0.05) is 27.7 Å². The molecule has 1 heterocycles. The summed E-state index contributed by atoms with van der Waals surface area (Å²) in [4.78, 5) is 9.77. The fourth-order valence-corrected chi connectivity index (χ4v) is 2.58. The molecule has 3 nitrogen and oxygen atoms in total. The van der Waals surface area contributed by atoms with E-state index in [1.807, 2.05) is 0 Å². The number of rotatable bonds is 6. The minimum atomic E-state index is -0.859. The molecule has 0 bridgehead atoms. The number of aromatic amines is 1. The molecule has 1 aromatic heterocycles. The number of fused-ring (bicyclic) bond motifs is 1. The van der Waals surface area contributed by atoms with Crippen molar-refractivity contribution in [1.29, 1.82) is 0 Å². The van der Waals surface area contributed by atoms with Crippen molar-refractivity contribution >= 4 is 11.0 Å². The van der Waals surface area contributed by atoms with E-state index in [4.69, 9.17) is 0 Å². The molecule has 2 rings (SSSR count). The van der Waals surface area contributed by atoms with Gasteiger partial charge in [0.1, 0.15) is 5.82 Å². The fourth-order valence-electron chi connectivity index (χ4n) is 2.58. The largest absolute Gasteiger partial charge is 0.341 e. The number of hydrogen-bond donors (Lipinski definition) is 1. The first-order chi connectivity index (χ1) is 9.85. The first-order valence-corrected chi connectivity index (χ1v) is 7.41. The van der Waals surface area contributed by atoms with Gasteiger partial charge in [0.2, 0.25) is 0 Å². The highest BCUT2D eigenvalue weighted by Gasteiger charge is 2.14. The van der Waals surface area contributed by atoms with Crippen LogP contribution in [0.15, 0.2) is 12.1 Å². The molecule has 1 aromatic carbocycles. The van der Waals surface area contributed by atoms with Crippen LogP contribution in [0.2, 0.25) is 0 Å². The smallest absolute Gasteiger partial charge is 0.161 e. The molecule has 0 aliphatic heterocycles. The topological polar surface area (TPSA) is 31.9 Å². The van der Waals surface area contributed by atoms with Crippen LogP contribution in [-0.4, -0.2) is 28.0 Å². The summed E-state index contributed by atoms with van der Waals surface area (Å²) >= 11 is 0. The SMILES string of the molecule is CC(C)CN(Cc1nc2cc(F)c(F)cc2[nH]1)CC(C)C. The van der Waals surface area contributed by atoms with Crippen LogP contribution in [0.25, 0.3) is 11.0 Å². The van der Waals surface area contributed by atoms with Gasteiger partial charge in [0.15, 0.2) is 11.6 Å². The van der Waals surface area contributed by atoms with Gasteiger partial charge in [-0.15, -0.1) is 0 Å². The lowest BCUT2D eigenvalue weighted by molar-refractivity contribution is 0.207. The number of benzene rings is 1. The minimum absolute atomic E-state index is 0.470. The lowest BCUT2D eigenvalue weighted by atomic mass is 10.1. The zero-order chi connectivity index (χ0) is 15.6. The van der Waals surface area contributed by atoms with Crippen molar-refractivity contribution in [1.82, 2.24) is 14.9 Å². The summed E-state index contributed by atoms with van der Waals surface area (Å²) < 4.78 is 26.5. The van der Waals surface area contributed by atoms with Gasteiger partial charge < -0.3 is 4.98 Å². The number of nitrogens with zero attached hydrogens (tertiary/aromatic N) is 2. The summed E-state index contributed by atoms with van der Waals surface area (Å²) in [6, 6.07) is 2.30. The van der Waals surface area contributed by atoms with Gasteiger partial charge in [-0.3, -0.25) is 4.90 Å². The maximum atomic E-state index is 13.2. The number of hydrogen-bond acceptors (Lipinski definition) is 2. The van der Waals surface area contributed by atoms with E-state index >= 15 is 0 Å². The van der Waals surface area contributed by atoms with Crippen LogP contribution in [0.5, 0.6) is 0 Å². The quantitative estimate of drug-likeness (QED) is 0.875. The predicted molar refractivity (Wildman–Crippen MR) is 81.0 cm³/mol. The van der Waals surface area contributed by atoms with Crippen LogP contribution in [0.4, 0.5) is 8.78 Å². The van der Waals surface area contributed by atoms with Gasteiger partial charge in [-0.05, 0) is 11.8 Å². The molecule has 21 heavy (non-hydrogen) atoms. The highest BCUT2D eigenvalue weighted by Crippen LogP contribution is 2.17. The van der Waals surface area contributed by atoms with Gasteiger partial charge in [-0.2, -0.15) is 0 Å². The Morgan fingerprint density at radius 1 is 1.05 bits per heavy atom. The lowest BCUT2D eigenvalue weighted by Crippen LogP contribution is -2.31. The molecular weight excluding hydrogens is 272 g/mol. The Kier molecular flexibility index (Phi) is 4.93. The van der Waals surface area contributed by atoms with E-state index in [2.05, 4.69) is 42.6 Å². The second-order valence-corrected chi connectivity index (χ2v) is 6.45. The first-order valence-electron chi connectivity index (χ1n) is 7.41. The first kappa shape index (κ1) is 15.9. The van der Waals surface area contributed by atoms with Crippen LogP contribution >= 0.6 is 0 Å². The molecule has 2 aromatic rings. The van der Waals surface area contributed by atoms with E-state index in [1.165, 1.54) is 0 Å². The van der Waals surface area contributed by atoms with E-state index in [0.29, 0.717) is 29.4 Å². The molecule has 0 saturated carbocycles. The molecule has 0 amide bonds. The maximum Gasteiger partial charge on any atom is 0.161 e. The third-order valence-corrected chi connectivity index (χ3v) is 3.19. The average molecular weight is 295 g/mol. The van der Waals surface area contributed by atoms with Crippen LogP contribution in [0.3, 0.4) is 0 Å². The maximum absolute atomic E-state index is 13.2. The Hall–Kier alpha value is -1.49. The van der Waals surface area contributed by atoms with E-state index in [-0.39, 0.29) is 0 Å². The van der Waals surface area contributed by atoms with Crippen molar-refractivity contribution in [2.75, 3.05) is 13.1 Å². The molecule has 0 aliphatic carbocycles. The molecule has 1 N–H and O–H groups in total. The van der Waals surface area contributed by atoms with Gasteiger partial charge in [-0.25, -0.2) is 13.8 Å². The standard InChI is InChI=1S/C16H23F2N3/c1-10(2)7-21(8-11(3)4)9-16-19-14-5-12(17)13(18)6-15(14)20-16/h5-6,10-11H,7-9H2,1-4H3,(H,19,20). The molecule has 0 saturated heterocycles. The third kappa shape index (κ3) is 4.24. The second kappa shape index (κ2) is 6.52. The average Bonchev–Trinajstić information content (AvgIpc) is 2.69. The molecule has 0 radical (unpaired) electrons. The summed E-state index contributed by atoms with van der Waals surface area (Å²) in [5.41, 5.74) is 1.01. The predicted octanol–water partition coefficient (Wildman–Crippen LogP) is 3.96. The highest BCUT2D eigenvalue weighted by atomic mass is 19.2. The van der Waals surface area contributed by atoms with Crippen molar-refractivity contribution in [2.24, 2.45) is 11.8 Å². The molecular formula is C16H23F2N3. The summed E-state index contributed by atoms with van der Waals surface area (Å²) in [7, 11) is 0. The van der Waals surface area contributed by atoms with Crippen LogP contribution in [-0.2, 0) is 6.54 Å². The second-order valence-electron chi connectivity index (χ2n) is 6.45. The molecule has 116 valence electrons. The molecule has 0 aliphatic rings. The minimum Gasteiger partial charge on any atom is -0.341 e. The Bertz CT molecular complexity index is 556.